The molecule has 3 rings (SSSR count). The SMILES string of the molecule is NCc1cccc(Cl)c1N1CCCc2ccccc21. The van der Waals surface area contributed by atoms with E-state index in [4.69, 9.17) is 17.3 Å². The van der Waals surface area contributed by atoms with Crippen LogP contribution in [0.1, 0.15) is 17.5 Å². The van der Waals surface area contributed by atoms with Crippen molar-refractivity contribution in [1.82, 2.24) is 0 Å². The third-order valence-electron chi connectivity index (χ3n) is 3.67. The molecule has 0 saturated carbocycles. The van der Waals surface area contributed by atoms with Crippen molar-refractivity contribution in [3.05, 3.63) is 58.6 Å². The first-order chi connectivity index (χ1) is 9.31. The maximum Gasteiger partial charge on any atom is 0.0646 e. The summed E-state index contributed by atoms with van der Waals surface area (Å²) in [5.74, 6) is 0. The van der Waals surface area contributed by atoms with Gasteiger partial charge in [0.2, 0.25) is 0 Å². The van der Waals surface area contributed by atoms with Gasteiger partial charge in [0.1, 0.15) is 0 Å². The average Bonchev–Trinajstić information content (AvgIpc) is 2.46. The Labute approximate surface area is 118 Å². The van der Waals surface area contributed by atoms with Crippen molar-refractivity contribution in [3.63, 3.8) is 0 Å². The fourth-order valence-electron chi connectivity index (χ4n) is 2.79. The van der Waals surface area contributed by atoms with Gasteiger partial charge in [-0.15, -0.1) is 0 Å². The number of fused-ring (bicyclic) bond motifs is 1. The van der Waals surface area contributed by atoms with E-state index in [9.17, 15) is 0 Å². The zero-order valence-electron chi connectivity index (χ0n) is 10.8. The summed E-state index contributed by atoms with van der Waals surface area (Å²) >= 11 is 6.41. The Morgan fingerprint density at radius 2 is 1.95 bits per heavy atom. The summed E-state index contributed by atoms with van der Waals surface area (Å²) in [5.41, 5.74) is 10.7. The molecule has 3 heteroatoms. The summed E-state index contributed by atoms with van der Waals surface area (Å²) in [5, 5.41) is 0.777. The van der Waals surface area contributed by atoms with E-state index in [-0.39, 0.29) is 0 Å². The predicted molar refractivity (Wildman–Crippen MR) is 81.1 cm³/mol. The van der Waals surface area contributed by atoms with E-state index in [1.807, 2.05) is 12.1 Å². The Hall–Kier alpha value is -1.51. The monoisotopic (exact) mass is 272 g/mol. The minimum atomic E-state index is 0.508. The van der Waals surface area contributed by atoms with E-state index in [0.717, 1.165) is 35.7 Å². The number of nitrogens with zero attached hydrogens (tertiary/aromatic N) is 1. The molecule has 2 nitrogen and oxygen atoms in total. The zero-order valence-corrected chi connectivity index (χ0v) is 11.5. The Morgan fingerprint density at radius 1 is 1.11 bits per heavy atom. The maximum absolute atomic E-state index is 6.41. The smallest absolute Gasteiger partial charge is 0.0646 e. The second-order valence-corrected chi connectivity index (χ2v) is 5.24. The van der Waals surface area contributed by atoms with Crippen LogP contribution >= 0.6 is 11.6 Å². The Balaban J connectivity index is 2.14. The van der Waals surface area contributed by atoms with Crippen molar-refractivity contribution in [3.8, 4) is 0 Å². The van der Waals surface area contributed by atoms with Crippen LogP contribution in [-0.2, 0) is 13.0 Å². The van der Waals surface area contributed by atoms with E-state index in [2.05, 4.69) is 35.2 Å². The van der Waals surface area contributed by atoms with Crippen LogP contribution in [0.5, 0.6) is 0 Å². The lowest BCUT2D eigenvalue weighted by Gasteiger charge is -2.33. The maximum atomic E-state index is 6.41. The number of halogens is 1. The lowest BCUT2D eigenvalue weighted by atomic mass is 10.00. The number of anilines is 2. The second-order valence-electron chi connectivity index (χ2n) is 4.84. The average molecular weight is 273 g/mol. The van der Waals surface area contributed by atoms with Gasteiger partial charge in [0.15, 0.2) is 0 Å². The third kappa shape index (κ3) is 2.22. The molecule has 98 valence electrons. The predicted octanol–water partition coefficient (Wildman–Crippen LogP) is 3.88. The van der Waals surface area contributed by atoms with Crippen molar-refractivity contribution in [2.24, 2.45) is 5.73 Å². The first-order valence-electron chi connectivity index (χ1n) is 6.64. The highest BCUT2D eigenvalue weighted by Gasteiger charge is 2.21. The van der Waals surface area contributed by atoms with Gasteiger partial charge in [0, 0.05) is 18.8 Å². The number of hydrogen-bond donors (Lipinski definition) is 1. The molecule has 0 amide bonds. The molecule has 2 aromatic carbocycles. The van der Waals surface area contributed by atoms with Gasteiger partial charge in [-0.2, -0.15) is 0 Å². The lowest BCUT2D eigenvalue weighted by molar-refractivity contribution is 0.763. The van der Waals surface area contributed by atoms with Gasteiger partial charge < -0.3 is 10.6 Å². The van der Waals surface area contributed by atoms with Crippen LogP contribution in [0.25, 0.3) is 0 Å². The lowest BCUT2D eigenvalue weighted by Crippen LogP contribution is -2.26. The highest BCUT2D eigenvalue weighted by atomic mass is 35.5. The minimum Gasteiger partial charge on any atom is -0.340 e. The molecular formula is C16H17ClN2. The van der Waals surface area contributed by atoms with Crippen molar-refractivity contribution in [2.75, 3.05) is 11.4 Å². The first kappa shape index (κ1) is 12.5. The van der Waals surface area contributed by atoms with Crippen molar-refractivity contribution in [2.45, 2.75) is 19.4 Å². The molecule has 0 fully saturated rings. The summed E-state index contributed by atoms with van der Waals surface area (Å²) in [6, 6.07) is 14.5. The number of nitrogens with two attached hydrogens (primary N) is 1. The summed E-state index contributed by atoms with van der Waals surface area (Å²) < 4.78 is 0. The van der Waals surface area contributed by atoms with Gasteiger partial charge in [-0.3, -0.25) is 0 Å². The molecule has 0 radical (unpaired) electrons. The van der Waals surface area contributed by atoms with Crippen molar-refractivity contribution >= 4 is 23.0 Å². The molecule has 1 aliphatic heterocycles. The van der Waals surface area contributed by atoms with Crippen LogP contribution in [0, 0.1) is 0 Å². The number of aryl methyl sites for hydroxylation is 1. The van der Waals surface area contributed by atoms with Crippen LogP contribution in [0.15, 0.2) is 42.5 Å². The van der Waals surface area contributed by atoms with Crippen LogP contribution in [0.4, 0.5) is 11.4 Å². The van der Waals surface area contributed by atoms with Gasteiger partial charge >= 0.3 is 0 Å². The molecule has 0 unspecified atom stereocenters. The molecule has 2 aromatic rings. The molecule has 2 N–H and O–H groups in total. The van der Waals surface area contributed by atoms with Crippen molar-refractivity contribution < 1.29 is 0 Å². The van der Waals surface area contributed by atoms with E-state index in [1.165, 1.54) is 11.3 Å². The van der Waals surface area contributed by atoms with Crippen LogP contribution in [-0.4, -0.2) is 6.54 Å². The topological polar surface area (TPSA) is 29.3 Å². The molecule has 0 atom stereocenters. The zero-order chi connectivity index (χ0) is 13.2. The second kappa shape index (κ2) is 5.24. The third-order valence-corrected chi connectivity index (χ3v) is 3.98. The standard InChI is InChI=1S/C16H17ClN2/c17-14-8-3-6-13(11-18)16(14)19-10-4-7-12-5-1-2-9-15(12)19/h1-3,5-6,8-9H,4,7,10-11,18H2. The number of rotatable bonds is 2. The normalized spacial score (nSPS) is 14.3. The molecular weight excluding hydrogens is 256 g/mol. The highest BCUT2D eigenvalue weighted by molar-refractivity contribution is 6.33. The molecule has 1 aliphatic rings. The van der Waals surface area contributed by atoms with Gasteiger partial charge in [0.25, 0.3) is 0 Å². The number of hydrogen-bond acceptors (Lipinski definition) is 2. The van der Waals surface area contributed by atoms with E-state index >= 15 is 0 Å². The van der Waals surface area contributed by atoms with Crippen LogP contribution in [0.3, 0.4) is 0 Å². The van der Waals surface area contributed by atoms with Gasteiger partial charge in [-0.25, -0.2) is 0 Å². The Morgan fingerprint density at radius 3 is 2.79 bits per heavy atom. The van der Waals surface area contributed by atoms with Gasteiger partial charge in [-0.1, -0.05) is 41.9 Å². The first-order valence-corrected chi connectivity index (χ1v) is 7.02. The fraction of sp³-hybridized carbons (Fsp3) is 0.250. The minimum absolute atomic E-state index is 0.508. The molecule has 1 heterocycles. The quantitative estimate of drug-likeness (QED) is 0.899. The van der Waals surface area contributed by atoms with E-state index in [0.29, 0.717) is 6.54 Å². The Bertz CT molecular complexity index is 595. The molecule has 0 spiro atoms. The summed E-state index contributed by atoms with van der Waals surface area (Å²) in [7, 11) is 0. The summed E-state index contributed by atoms with van der Waals surface area (Å²) in [6.07, 6.45) is 2.28. The largest absolute Gasteiger partial charge is 0.340 e. The summed E-state index contributed by atoms with van der Waals surface area (Å²) in [6.45, 7) is 1.50. The van der Waals surface area contributed by atoms with E-state index in [1.54, 1.807) is 0 Å². The molecule has 0 aliphatic carbocycles. The molecule has 0 aromatic heterocycles. The van der Waals surface area contributed by atoms with Crippen LogP contribution in [0.2, 0.25) is 5.02 Å². The van der Waals surface area contributed by atoms with Gasteiger partial charge in [0.05, 0.1) is 10.7 Å². The fourth-order valence-corrected chi connectivity index (χ4v) is 3.09. The molecule has 19 heavy (non-hydrogen) atoms. The summed E-state index contributed by atoms with van der Waals surface area (Å²) in [4.78, 5) is 2.31. The van der Waals surface area contributed by atoms with Crippen LogP contribution < -0.4 is 10.6 Å². The number of benzene rings is 2. The van der Waals surface area contributed by atoms with E-state index < -0.39 is 0 Å². The van der Waals surface area contributed by atoms with Crippen molar-refractivity contribution in [1.29, 1.82) is 0 Å². The Kier molecular flexibility index (Phi) is 3.45. The van der Waals surface area contributed by atoms with Gasteiger partial charge in [-0.05, 0) is 36.1 Å². The molecule has 0 bridgehead atoms. The number of para-hydroxylation sites is 2. The molecule has 0 saturated heterocycles. The highest BCUT2D eigenvalue weighted by Crippen LogP contribution is 2.39.